The summed E-state index contributed by atoms with van der Waals surface area (Å²) in [4.78, 5) is 23.2. The van der Waals surface area contributed by atoms with Crippen LogP contribution in [0.5, 0.6) is 11.5 Å². The summed E-state index contributed by atoms with van der Waals surface area (Å²) in [6.07, 6.45) is 7.96. The van der Waals surface area contributed by atoms with Crippen molar-refractivity contribution < 1.29 is 9.47 Å². The van der Waals surface area contributed by atoms with Crippen LogP contribution in [0.4, 0.5) is 34.5 Å². The maximum atomic E-state index is 5.82. The number of hydrogen-bond donors (Lipinski definition) is 2. The molecule has 0 spiro atoms. The first-order chi connectivity index (χ1) is 19.9. The maximum absolute atomic E-state index is 5.82. The molecule has 0 amide bonds. The first-order valence-corrected chi connectivity index (χ1v) is 14.7. The number of anilines is 6. The fraction of sp³-hybridized carbons (Fsp3) is 0.379. The second kappa shape index (κ2) is 12.6. The molecule has 0 radical (unpaired) electrons. The number of piperazine rings is 1. The summed E-state index contributed by atoms with van der Waals surface area (Å²) < 4.78 is 13.5. The number of ether oxygens (including phenoxy) is 2. The van der Waals surface area contributed by atoms with Gasteiger partial charge in [0.2, 0.25) is 5.95 Å². The highest BCUT2D eigenvalue weighted by Gasteiger charge is 2.21. The number of aryl methyl sites for hydroxylation is 1. The van der Waals surface area contributed by atoms with E-state index in [-0.39, 0.29) is 0 Å². The average molecular weight is 576 g/mol. The van der Waals surface area contributed by atoms with E-state index < -0.39 is 0 Å². The van der Waals surface area contributed by atoms with Crippen molar-refractivity contribution in [2.24, 2.45) is 0 Å². The van der Waals surface area contributed by atoms with Gasteiger partial charge in [-0.25, -0.2) is 4.98 Å². The van der Waals surface area contributed by atoms with Crippen molar-refractivity contribution in [2.45, 2.75) is 13.3 Å². The normalized spacial score (nSPS) is 13.8. The van der Waals surface area contributed by atoms with E-state index in [1.165, 1.54) is 11.3 Å². The number of benzene rings is 2. The average Bonchev–Trinajstić information content (AvgIpc) is 3.01. The van der Waals surface area contributed by atoms with E-state index in [1.54, 1.807) is 44.8 Å². The maximum Gasteiger partial charge on any atom is 0.229 e. The second-order valence-corrected chi connectivity index (χ2v) is 10.7. The molecule has 11 nitrogen and oxygen atoms in total. The highest BCUT2D eigenvalue weighted by Crippen LogP contribution is 2.39. The fourth-order valence-electron chi connectivity index (χ4n) is 4.96. The molecule has 216 valence electrons. The smallest absolute Gasteiger partial charge is 0.229 e. The zero-order valence-electron chi connectivity index (χ0n) is 24.4. The van der Waals surface area contributed by atoms with Gasteiger partial charge in [0.05, 0.1) is 43.0 Å². The minimum Gasteiger partial charge on any atom is -0.494 e. The molecule has 2 aromatic carbocycles. The molecule has 0 unspecified atom stereocenters. The van der Waals surface area contributed by atoms with Crippen LogP contribution < -0.4 is 29.3 Å². The van der Waals surface area contributed by atoms with Crippen LogP contribution >= 0.6 is 11.9 Å². The molecule has 0 aliphatic carbocycles. The van der Waals surface area contributed by atoms with Crippen molar-refractivity contribution in [3.63, 3.8) is 0 Å². The van der Waals surface area contributed by atoms with Gasteiger partial charge in [0, 0.05) is 63.6 Å². The van der Waals surface area contributed by atoms with Crippen LogP contribution in [0.2, 0.25) is 0 Å². The Morgan fingerprint density at radius 2 is 1.71 bits per heavy atom. The zero-order valence-corrected chi connectivity index (χ0v) is 25.2. The van der Waals surface area contributed by atoms with Gasteiger partial charge in [-0.05, 0) is 37.2 Å². The number of hydrogen-bond acceptors (Lipinski definition) is 12. The van der Waals surface area contributed by atoms with Crippen LogP contribution in [-0.4, -0.2) is 85.6 Å². The van der Waals surface area contributed by atoms with Gasteiger partial charge in [-0.1, -0.05) is 18.9 Å². The number of likely N-dealkylation sites (N-methyl/N-ethyl adjacent to an activating group) is 1. The molecule has 2 aromatic heterocycles. The molecule has 3 heterocycles. The van der Waals surface area contributed by atoms with E-state index in [0.29, 0.717) is 17.5 Å². The molecule has 1 aliphatic heterocycles. The highest BCUT2D eigenvalue weighted by molar-refractivity contribution is 7.99. The summed E-state index contributed by atoms with van der Waals surface area (Å²) in [7, 11) is 7.45. The van der Waals surface area contributed by atoms with E-state index in [0.717, 1.165) is 66.4 Å². The Morgan fingerprint density at radius 1 is 0.951 bits per heavy atom. The predicted octanol–water partition coefficient (Wildman–Crippen LogP) is 4.95. The molecule has 5 rings (SSSR count). The van der Waals surface area contributed by atoms with Crippen LogP contribution in [0.3, 0.4) is 0 Å². The SMILES string of the molecule is CCc1cc(Nc2ncc(OC)c(Nc3ccc4nccnc4c3N(C)SC)n2)c(OC)cc1N1CCN(C)CC1. The quantitative estimate of drug-likeness (QED) is 0.250. The molecular weight excluding hydrogens is 538 g/mol. The summed E-state index contributed by atoms with van der Waals surface area (Å²) in [5, 5.41) is 6.84. The molecule has 41 heavy (non-hydrogen) atoms. The first-order valence-electron chi connectivity index (χ1n) is 13.6. The molecule has 1 fully saturated rings. The minimum absolute atomic E-state index is 0.418. The van der Waals surface area contributed by atoms with Gasteiger partial charge in [-0.3, -0.25) is 9.97 Å². The van der Waals surface area contributed by atoms with Gasteiger partial charge in [0.15, 0.2) is 11.6 Å². The third-order valence-corrected chi connectivity index (χ3v) is 8.03. The van der Waals surface area contributed by atoms with E-state index in [2.05, 4.69) is 61.5 Å². The standard InChI is InChI=1S/C29H37N9O2S/c1-7-19-16-22(24(39-4)17-23(19)38-14-12-36(2)13-15-38)34-29-32-18-25(40-5)28(35-29)33-21-9-8-20-26(31-11-10-30-20)27(21)37(3)41-6/h8-11,16-18H,7,12-15H2,1-6H3,(H2,32,33,34,35). The van der Waals surface area contributed by atoms with Crippen LogP contribution in [0.1, 0.15) is 12.5 Å². The van der Waals surface area contributed by atoms with Crippen LogP contribution in [0.15, 0.2) is 42.9 Å². The molecule has 1 saturated heterocycles. The Balaban J connectivity index is 1.48. The topological polar surface area (TPSA) is 104 Å². The van der Waals surface area contributed by atoms with Crippen LogP contribution in [-0.2, 0) is 6.42 Å². The Hall–Kier alpha value is -4.03. The van der Waals surface area contributed by atoms with Crippen molar-refractivity contribution in [3.8, 4) is 11.5 Å². The third-order valence-electron chi connectivity index (χ3n) is 7.30. The zero-order chi connectivity index (χ0) is 28.9. The van der Waals surface area contributed by atoms with Gasteiger partial charge in [-0.2, -0.15) is 4.98 Å². The first kappa shape index (κ1) is 28.5. The monoisotopic (exact) mass is 575 g/mol. The number of aromatic nitrogens is 4. The van der Waals surface area contributed by atoms with Gasteiger partial charge in [0.1, 0.15) is 11.3 Å². The number of fused-ring (bicyclic) bond motifs is 1. The van der Waals surface area contributed by atoms with E-state index >= 15 is 0 Å². The highest BCUT2D eigenvalue weighted by atomic mass is 32.2. The van der Waals surface area contributed by atoms with Crippen molar-refractivity contribution in [3.05, 3.63) is 48.4 Å². The lowest BCUT2D eigenvalue weighted by molar-refractivity contribution is 0.312. The third kappa shape index (κ3) is 6.03. The lowest BCUT2D eigenvalue weighted by Crippen LogP contribution is -2.44. The lowest BCUT2D eigenvalue weighted by Gasteiger charge is -2.35. The number of nitrogens with zero attached hydrogens (tertiary/aromatic N) is 7. The fourth-order valence-corrected chi connectivity index (χ4v) is 5.32. The Labute approximate surface area is 245 Å². The molecule has 0 atom stereocenters. The number of nitrogens with one attached hydrogen (secondary N) is 2. The molecule has 0 bridgehead atoms. The molecule has 1 aliphatic rings. The number of rotatable bonds is 10. The summed E-state index contributed by atoms with van der Waals surface area (Å²) in [6, 6.07) is 8.17. The summed E-state index contributed by atoms with van der Waals surface area (Å²) >= 11 is 1.58. The summed E-state index contributed by atoms with van der Waals surface area (Å²) in [5.41, 5.74) is 6.58. The largest absolute Gasteiger partial charge is 0.494 e. The molecule has 0 saturated carbocycles. The molecule has 2 N–H and O–H groups in total. The van der Waals surface area contributed by atoms with Gasteiger partial charge >= 0.3 is 0 Å². The van der Waals surface area contributed by atoms with E-state index in [9.17, 15) is 0 Å². The molecule has 4 aromatic rings. The summed E-state index contributed by atoms with van der Waals surface area (Å²) in [6.45, 7) is 6.24. The van der Waals surface area contributed by atoms with Crippen molar-refractivity contribution in [1.82, 2.24) is 24.8 Å². The lowest BCUT2D eigenvalue weighted by atomic mass is 10.1. The van der Waals surface area contributed by atoms with Crippen LogP contribution in [0, 0.1) is 0 Å². The Morgan fingerprint density at radius 3 is 2.41 bits per heavy atom. The number of methoxy groups -OCH3 is 2. The van der Waals surface area contributed by atoms with E-state index in [4.69, 9.17) is 14.5 Å². The van der Waals surface area contributed by atoms with Crippen molar-refractivity contribution >= 4 is 57.5 Å². The Bertz CT molecular complexity index is 1510. The van der Waals surface area contributed by atoms with Gasteiger partial charge < -0.3 is 34.2 Å². The minimum atomic E-state index is 0.418. The predicted molar refractivity (Wildman–Crippen MR) is 169 cm³/mol. The van der Waals surface area contributed by atoms with Gasteiger partial charge in [0.25, 0.3) is 0 Å². The van der Waals surface area contributed by atoms with E-state index in [1.807, 2.05) is 29.7 Å². The Kier molecular flexibility index (Phi) is 8.79. The molecule has 12 heteroatoms. The van der Waals surface area contributed by atoms with Gasteiger partial charge in [-0.15, -0.1) is 0 Å². The van der Waals surface area contributed by atoms with Crippen molar-refractivity contribution in [1.29, 1.82) is 0 Å². The summed E-state index contributed by atoms with van der Waals surface area (Å²) in [5.74, 6) is 2.19. The second-order valence-electron chi connectivity index (χ2n) is 9.75. The molecular formula is C29H37N9O2S. The van der Waals surface area contributed by atoms with Crippen molar-refractivity contribution in [2.75, 3.05) is 80.6 Å². The van der Waals surface area contributed by atoms with Crippen LogP contribution in [0.25, 0.3) is 11.0 Å².